The summed E-state index contributed by atoms with van der Waals surface area (Å²) in [5.74, 6) is -1.12. The lowest BCUT2D eigenvalue weighted by atomic mass is 9.97. The Balaban J connectivity index is 1.79. The lowest BCUT2D eigenvalue weighted by Gasteiger charge is -2.21. The van der Waals surface area contributed by atoms with Gasteiger partial charge in [-0.05, 0) is 43.9 Å². The summed E-state index contributed by atoms with van der Waals surface area (Å²) in [6.45, 7) is 0. The largest absolute Gasteiger partial charge is 0.459 e. The van der Waals surface area contributed by atoms with Crippen molar-refractivity contribution in [3.63, 3.8) is 0 Å². The molecule has 5 nitrogen and oxygen atoms in total. The summed E-state index contributed by atoms with van der Waals surface area (Å²) in [5.41, 5.74) is 0.952. The molecule has 0 unspecified atom stereocenters. The van der Waals surface area contributed by atoms with Gasteiger partial charge in [-0.25, -0.2) is 4.79 Å². The number of rotatable bonds is 2. The van der Waals surface area contributed by atoms with Gasteiger partial charge in [0.25, 0.3) is 11.8 Å². The summed E-state index contributed by atoms with van der Waals surface area (Å²) in [4.78, 5) is 36.9. The molecule has 1 heterocycles. The van der Waals surface area contributed by atoms with Crippen LogP contribution in [0.3, 0.4) is 0 Å². The van der Waals surface area contributed by atoms with E-state index in [1.54, 1.807) is 6.07 Å². The zero-order valence-corrected chi connectivity index (χ0v) is 11.9. The second kappa shape index (κ2) is 5.31. The molecule has 0 atom stereocenters. The van der Waals surface area contributed by atoms with Crippen LogP contribution in [0.15, 0.2) is 18.2 Å². The molecule has 1 aromatic rings. The number of hydrogen-bond donors (Lipinski definition) is 0. The molecular formula is C16H17NO4. The minimum atomic E-state index is -0.417. The van der Waals surface area contributed by atoms with Crippen molar-refractivity contribution in [2.45, 2.75) is 38.2 Å². The lowest BCUT2D eigenvalue weighted by molar-refractivity contribution is 0.0211. The fourth-order valence-electron chi connectivity index (χ4n) is 2.89. The summed E-state index contributed by atoms with van der Waals surface area (Å²) in [6.07, 6.45) is 5.13. The third kappa shape index (κ3) is 2.44. The Morgan fingerprint density at radius 2 is 1.76 bits per heavy atom. The molecule has 1 aliphatic carbocycles. The van der Waals surface area contributed by atoms with Crippen molar-refractivity contribution in [3.8, 4) is 0 Å². The molecule has 5 heteroatoms. The van der Waals surface area contributed by atoms with Gasteiger partial charge in [-0.15, -0.1) is 0 Å². The average Bonchev–Trinajstić information content (AvgIpc) is 2.73. The van der Waals surface area contributed by atoms with Crippen LogP contribution in [0.1, 0.15) is 63.2 Å². The predicted octanol–water partition coefficient (Wildman–Crippen LogP) is 2.40. The van der Waals surface area contributed by atoms with E-state index in [1.807, 2.05) is 0 Å². The molecule has 0 N–H and O–H groups in total. The SMILES string of the molecule is CN1C(=O)c2ccc(C(=O)OC3CCCCC3)cc2C1=O. The summed E-state index contributed by atoms with van der Waals surface area (Å²) in [7, 11) is 1.44. The van der Waals surface area contributed by atoms with E-state index in [2.05, 4.69) is 0 Å². The lowest BCUT2D eigenvalue weighted by Crippen LogP contribution is -2.24. The highest BCUT2D eigenvalue weighted by atomic mass is 16.5. The Morgan fingerprint density at radius 1 is 1.10 bits per heavy atom. The Bertz CT molecular complexity index is 617. The van der Waals surface area contributed by atoms with Crippen LogP contribution in [0, 0.1) is 0 Å². The van der Waals surface area contributed by atoms with Crippen LogP contribution in [-0.4, -0.2) is 35.8 Å². The normalized spacial score (nSPS) is 18.8. The fourth-order valence-corrected chi connectivity index (χ4v) is 2.89. The van der Waals surface area contributed by atoms with Crippen molar-refractivity contribution < 1.29 is 19.1 Å². The summed E-state index contributed by atoms with van der Waals surface area (Å²) < 4.78 is 5.48. The molecule has 0 bridgehead atoms. The van der Waals surface area contributed by atoms with Crippen LogP contribution in [0.5, 0.6) is 0 Å². The van der Waals surface area contributed by atoms with Gasteiger partial charge in [-0.3, -0.25) is 14.5 Å². The number of hydrogen-bond acceptors (Lipinski definition) is 4. The summed E-state index contributed by atoms with van der Waals surface area (Å²) >= 11 is 0. The zero-order valence-electron chi connectivity index (χ0n) is 11.9. The van der Waals surface area contributed by atoms with Gasteiger partial charge in [0, 0.05) is 7.05 Å². The number of imide groups is 1. The van der Waals surface area contributed by atoms with E-state index in [0.717, 1.165) is 30.6 Å². The fraction of sp³-hybridized carbons (Fsp3) is 0.438. The van der Waals surface area contributed by atoms with Crippen molar-refractivity contribution in [1.29, 1.82) is 0 Å². The van der Waals surface area contributed by atoms with Crippen molar-refractivity contribution >= 4 is 17.8 Å². The second-order valence-electron chi connectivity index (χ2n) is 5.60. The van der Waals surface area contributed by atoms with E-state index in [-0.39, 0.29) is 23.5 Å². The Hall–Kier alpha value is -2.17. The van der Waals surface area contributed by atoms with Crippen molar-refractivity contribution in [2.75, 3.05) is 7.05 Å². The van der Waals surface area contributed by atoms with Crippen LogP contribution in [0.25, 0.3) is 0 Å². The van der Waals surface area contributed by atoms with E-state index in [0.29, 0.717) is 11.1 Å². The van der Waals surface area contributed by atoms with Crippen LogP contribution >= 0.6 is 0 Å². The number of esters is 1. The van der Waals surface area contributed by atoms with Crippen molar-refractivity contribution in [1.82, 2.24) is 4.90 Å². The van der Waals surface area contributed by atoms with Gasteiger partial charge >= 0.3 is 5.97 Å². The van der Waals surface area contributed by atoms with E-state index >= 15 is 0 Å². The van der Waals surface area contributed by atoms with E-state index in [9.17, 15) is 14.4 Å². The minimum absolute atomic E-state index is 0.0282. The standard InChI is InChI=1S/C16H17NO4/c1-17-14(18)12-8-7-10(9-13(12)15(17)19)16(20)21-11-5-3-2-4-6-11/h7-9,11H,2-6H2,1H3. The second-order valence-corrected chi connectivity index (χ2v) is 5.60. The molecule has 0 spiro atoms. The van der Waals surface area contributed by atoms with E-state index < -0.39 is 5.97 Å². The third-order valence-electron chi connectivity index (χ3n) is 4.15. The molecule has 0 radical (unpaired) electrons. The number of ether oxygens (including phenoxy) is 1. The number of benzene rings is 1. The first-order chi connectivity index (χ1) is 10.1. The highest BCUT2D eigenvalue weighted by Gasteiger charge is 2.33. The maximum Gasteiger partial charge on any atom is 0.338 e. The first kappa shape index (κ1) is 13.8. The third-order valence-corrected chi connectivity index (χ3v) is 4.15. The summed E-state index contributed by atoms with van der Waals surface area (Å²) in [5, 5.41) is 0. The molecular weight excluding hydrogens is 270 g/mol. The number of nitrogens with zero attached hydrogens (tertiary/aromatic N) is 1. The smallest absolute Gasteiger partial charge is 0.338 e. The first-order valence-electron chi connectivity index (χ1n) is 7.25. The molecule has 0 saturated heterocycles. The molecule has 1 fully saturated rings. The Kier molecular flexibility index (Phi) is 3.49. The number of carbonyl (C=O) groups is 3. The van der Waals surface area contributed by atoms with E-state index in [1.165, 1.54) is 25.6 Å². The predicted molar refractivity (Wildman–Crippen MR) is 75.2 cm³/mol. The maximum atomic E-state index is 12.2. The van der Waals surface area contributed by atoms with Gasteiger partial charge in [0.2, 0.25) is 0 Å². The van der Waals surface area contributed by atoms with Crippen LogP contribution in [0.4, 0.5) is 0 Å². The van der Waals surface area contributed by atoms with Gasteiger partial charge < -0.3 is 4.74 Å². The molecule has 21 heavy (non-hydrogen) atoms. The van der Waals surface area contributed by atoms with Crippen molar-refractivity contribution in [3.05, 3.63) is 34.9 Å². The van der Waals surface area contributed by atoms with E-state index in [4.69, 9.17) is 4.74 Å². The number of amides is 2. The molecule has 1 saturated carbocycles. The van der Waals surface area contributed by atoms with Gasteiger partial charge in [0.05, 0.1) is 16.7 Å². The molecule has 2 amide bonds. The van der Waals surface area contributed by atoms with Crippen LogP contribution < -0.4 is 0 Å². The number of fused-ring (bicyclic) bond motifs is 1. The topological polar surface area (TPSA) is 63.7 Å². The van der Waals surface area contributed by atoms with Crippen LogP contribution in [0.2, 0.25) is 0 Å². The van der Waals surface area contributed by atoms with Gasteiger partial charge in [0.1, 0.15) is 6.10 Å². The Morgan fingerprint density at radius 3 is 2.48 bits per heavy atom. The summed E-state index contributed by atoms with van der Waals surface area (Å²) in [6, 6.07) is 4.54. The van der Waals surface area contributed by atoms with Gasteiger partial charge in [-0.1, -0.05) is 6.42 Å². The molecule has 0 aromatic heterocycles. The van der Waals surface area contributed by atoms with Gasteiger partial charge in [0.15, 0.2) is 0 Å². The monoisotopic (exact) mass is 287 g/mol. The Labute approximate surface area is 122 Å². The molecule has 2 aliphatic rings. The molecule has 110 valence electrons. The van der Waals surface area contributed by atoms with Gasteiger partial charge in [-0.2, -0.15) is 0 Å². The molecule has 3 rings (SSSR count). The quantitative estimate of drug-likeness (QED) is 0.619. The van der Waals surface area contributed by atoms with Crippen molar-refractivity contribution in [2.24, 2.45) is 0 Å². The minimum Gasteiger partial charge on any atom is -0.459 e. The highest BCUT2D eigenvalue weighted by Crippen LogP contribution is 2.25. The number of carbonyl (C=O) groups excluding carboxylic acids is 3. The first-order valence-corrected chi connectivity index (χ1v) is 7.25. The average molecular weight is 287 g/mol. The van der Waals surface area contributed by atoms with Crippen LogP contribution in [-0.2, 0) is 4.74 Å². The maximum absolute atomic E-state index is 12.2. The molecule has 1 aromatic carbocycles. The zero-order chi connectivity index (χ0) is 15.0. The highest BCUT2D eigenvalue weighted by molar-refractivity contribution is 6.21. The molecule has 1 aliphatic heterocycles.